The smallest absolute Gasteiger partial charge is 0.336 e. The molecule has 1 heterocycles. The zero-order chi connectivity index (χ0) is 17.4. The Bertz CT molecular complexity index is 721. The van der Waals surface area contributed by atoms with Crippen LogP contribution in [0, 0.1) is 5.92 Å². The molecule has 0 saturated heterocycles. The maximum atomic E-state index is 11.4. The van der Waals surface area contributed by atoms with Crippen LogP contribution in [0.1, 0.15) is 20.3 Å². The first-order valence-electron chi connectivity index (χ1n) is 8.01. The molecular formula is C18H22O6. The van der Waals surface area contributed by atoms with Gasteiger partial charge in [-0.05, 0) is 30.7 Å². The molecule has 0 N–H and O–H groups in total. The average molecular weight is 334 g/mol. The average Bonchev–Trinajstić information content (AvgIpc) is 2.59. The van der Waals surface area contributed by atoms with E-state index in [4.69, 9.17) is 18.6 Å². The highest BCUT2D eigenvalue weighted by Gasteiger charge is 2.11. The number of carbonyl (C=O) groups is 1. The van der Waals surface area contributed by atoms with Crippen molar-refractivity contribution < 1.29 is 23.4 Å². The van der Waals surface area contributed by atoms with Crippen molar-refractivity contribution >= 4 is 16.9 Å². The number of benzene rings is 1. The lowest BCUT2D eigenvalue weighted by Crippen LogP contribution is -2.18. The molecule has 1 aromatic heterocycles. The zero-order valence-corrected chi connectivity index (χ0v) is 13.9. The van der Waals surface area contributed by atoms with E-state index in [9.17, 15) is 9.59 Å². The van der Waals surface area contributed by atoms with E-state index >= 15 is 0 Å². The number of hydrogen-bond donors (Lipinski definition) is 0. The van der Waals surface area contributed by atoms with Crippen LogP contribution in [0.3, 0.4) is 0 Å². The number of hydrogen-bond acceptors (Lipinski definition) is 6. The monoisotopic (exact) mass is 334 g/mol. The molecule has 0 radical (unpaired) electrons. The van der Waals surface area contributed by atoms with E-state index in [1.165, 1.54) is 6.07 Å². The molecule has 6 nitrogen and oxygen atoms in total. The highest BCUT2D eigenvalue weighted by atomic mass is 16.6. The summed E-state index contributed by atoms with van der Waals surface area (Å²) in [5.41, 5.74) is 0.146. The molecule has 2 aromatic rings. The predicted octanol–water partition coefficient (Wildman–Crippen LogP) is 2.78. The van der Waals surface area contributed by atoms with Crippen LogP contribution in [0.2, 0.25) is 0 Å². The van der Waals surface area contributed by atoms with E-state index in [2.05, 4.69) is 0 Å². The molecule has 0 fully saturated rings. The van der Waals surface area contributed by atoms with Gasteiger partial charge in [0, 0.05) is 11.5 Å². The molecule has 1 unspecified atom stereocenters. The molecule has 0 spiro atoms. The van der Waals surface area contributed by atoms with Crippen molar-refractivity contribution in [1.82, 2.24) is 0 Å². The Kier molecular flexibility index (Phi) is 6.81. The summed E-state index contributed by atoms with van der Waals surface area (Å²) in [6.45, 7) is 5.14. The van der Waals surface area contributed by atoms with Gasteiger partial charge in [0.2, 0.25) is 0 Å². The number of esters is 1. The van der Waals surface area contributed by atoms with Gasteiger partial charge in [-0.15, -0.1) is 0 Å². The second-order valence-corrected chi connectivity index (χ2v) is 5.39. The highest BCUT2D eigenvalue weighted by molar-refractivity contribution is 5.77. The van der Waals surface area contributed by atoms with Crippen molar-refractivity contribution in [2.75, 3.05) is 26.4 Å². The van der Waals surface area contributed by atoms with Crippen LogP contribution >= 0.6 is 0 Å². The standard InChI is InChI=1S/C18H22O6/c1-3-13(2)18(20)23-11-9-21-8-10-22-15-5-6-16-14(12-15)4-7-17(19)24-16/h4-7,12-13H,3,8-11H2,1-2H3. The van der Waals surface area contributed by atoms with Crippen molar-refractivity contribution in [3.63, 3.8) is 0 Å². The van der Waals surface area contributed by atoms with Crippen LogP contribution in [0.5, 0.6) is 5.75 Å². The van der Waals surface area contributed by atoms with Crippen molar-refractivity contribution in [3.8, 4) is 5.75 Å². The van der Waals surface area contributed by atoms with Crippen molar-refractivity contribution in [2.45, 2.75) is 20.3 Å². The Morgan fingerprint density at radius 2 is 1.92 bits per heavy atom. The third kappa shape index (κ3) is 5.38. The summed E-state index contributed by atoms with van der Waals surface area (Å²) in [6.07, 6.45) is 0.767. The minimum absolute atomic E-state index is 0.0781. The number of ether oxygens (including phenoxy) is 3. The Morgan fingerprint density at radius 3 is 2.71 bits per heavy atom. The van der Waals surface area contributed by atoms with Gasteiger partial charge in [-0.1, -0.05) is 13.8 Å². The maximum Gasteiger partial charge on any atom is 0.336 e. The summed E-state index contributed by atoms with van der Waals surface area (Å²) in [5, 5.41) is 0.796. The summed E-state index contributed by atoms with van der Waals surface area (Å²) in [4.78, 5) is 22.6. The van der Waals surface area contributed by atoms with Gasteiger partial charge in [0.1, 0.15) is 24.5 Å². The molecule has 130 valence electrons. The van der Waals surface area contributed by atoms with Crippen LogP contribution in [0.25, 0.3) is 11.0 Å². The van der Waals surface area contributed by atoms with Gasteiger partial charge in [-0.2, -0.15) is 0 Å². The van der Waals surface area contributed by atoms with E-state index in [1.807, 2.05) is 13.8 Å². The first kappa shape index (κ1) is 18.0. The van der Waals surface area contributed by atoms with E-state index in [0.717, 1.165) is 11.8 Å². The quantitative estimate of drug-likeness (QED) is 0.399. The molecule has 2 rings (SSSR count). The normalized spacial score (nSPS) is 12.1. The van der Waals surface area contributed by atoms with Gasteiger partial charge in [0.05, 0.1) is 19.1 Å². The molecule has 0 amide bonds. The molecule has 6 heteroatoms. The fourth-order valence-corrected chi connectivity index (χ4v) is 1.97. The molecule has 0 aliphatic rings. The fraction of sp³-hybridized carbons (Fsp3) is 0.444. The first-order valence-corrected chi connectivity index (χ1v) is 8.01. The van der Waals surface area contributed by atoms with Crippen LogP contribution in [0.15, 0.2) is 39.5 Å². The van der Waals surface area contributed by atoms with Crippen LogP contribution in [-0.4, -0.2) is 32.4 Å². The summed E-state index contributed by atoms with van der Waals surface area (Å²) in [5.74, 6) is 0.397. The molecule has 0 aliphatic heterocycles. The maximum absolute atomic E-state index is 11.4. The molecule has 1 aromatic carbocycles. The third-order valence-electron chi connectivity index (χ3n) is 3.57. The number of rotatable bonds is 9. The Morgan fingerprint density at radius 1 is 1.12 bits per heavy atom. The van der Waals surface area contributed by atoms with Gasteiger partial charge < -0.3 is 18.6 Å². The first-order chi connectivity index (χ1) is 11.6. The zero-order valence-electron chi connectivity index (χ0n) is 13.9. The van der Waals surface area contributed by atoms with Crippen molar-refractivity contribution in [1.29, 1.82) is 0 Å². The lowest BCUT2D eigenvalue weighted by Gasteiger charge is -2.10. The number of carbonyl (C=O) groups excluding carboxylic acids is 1. The summed E-state index contributed by atoms with van der Waals surface area (Å²) in [6, 6.07) is 8.29. The van der Waals surface area contributed by atoms with E-state index in [0.29, 0.717) is 31.2 Å². The van der Waals surface area contributed by atoms with Crippen LogP contribution in [0.4, 0.5) is 0 Å². The minimum Gasteiger partial charge on any atom is -0.491 e. The molecular weight excluding hydrogens is 312 g/mol. The van der Waals surface area contributed by atoms with Gasteiger partial charge in [0.25, 0.3) is 0 Å². The summed E-state index contributed by atoms with van der Waals surface area (Å²) >= 11 is 0. The van der Waals surface area contributed by atoms with Gasteiger partial charge >= 0.3 is 11.6 Å². The van der Waals surface area contributed by atoms with Gasteiger partial charge in [-0.25, -0.2) is 4.79 Å². The third-order valence-corrected chi connectivity index (χ3v) is 3.57. The van der Waals surface area contributed by atoms with Crippen LogP contribution in [-0.2, 0) is 14.3 Å². The Balaban J connectivity index is 1.65. The highest BCUT2D eigenvalue weighted by Crippen LogP contribution is 2.19. The SMILES string of the molecule is CCC(C)C(=O)OCCOCCOc1ccc2oc(=O)ccc2c1. The molecule has 0 saturated carbocycles. The summed E-state index contributed by atoms with van der Waals surface area (Å²) in [7, 11) is 0. The fourth-order valence-electron chi connectivity index (χ4n) is 1.97. The van der Waals surface area contributed by atoms with Gasteiger partial charge in [-0.3, -0.25) is 4.79 Å². The minimum atomic E-state index is -0.376. The van der Waals surface area contributed by atoms with E-state index < -0.39 is 0 Å². The topological polar surface area (TPSA) is 75.0 Å². The lowest BCUT2D eigenvalue weighted by atomic mass is 10.1. The van der Waals surface area contributed by atoms with Crippen molar-refractivity contribution in [3.05, 3.63) is 40.8 Å². The largest absolute Gasteiger partial charge is 0.491 e. The second-order valence-electron chi connectivity index (χ2n) is 5.39. The molecule has 0 bridgehead atoms. The summed E-state index contributed by atoms with van der Waals surface area (Å²) < 4.78 is 21.1. The molecule has 1 atom stereocenters. The Labute approximate surface area is 140 Å². The van der Waals surface area contributed by atoms with E-state index in [-0.39, 0.29) is 24.1 Å². The van der Waals surface area contributed by atoms with Crippen molar-refractivity contribution in [2.24, 2.45) is 5.92 Å². The Hall–Kier alpha value is -2.34. The molecule has 24 heavy (non-hydrogen) atoms. The van der Waals surface area contributed by atoms with Gasteiger partial charge in [0.15, 0.2) is 0 Å². The predicted molar refractivity (Wildman–Crippen MR) is 89.2 cm³/mol. The van der Waals surface area contributed by atoms with E-state index in [1.54, 1.807) is 24.3 Å². The molecule has 0 aliphatic carbocycles. The number of fused-ring (bicyclic) bond motifs is 1. The second kappa shape index (κ2) is 9.08. The van der Waals surface area contributed by atoms with Crippen LogP contribution < -0.4 is 10.4 Å². The lowest BCUT2D eigenvalue weighted by molar-refractivity contribution is -0.149.